The molecule has 3 N–H and O–H groups in total. The van der Waals surface area contributed by atoms with Gasteiger partial charge in [0.2, 0.25) is 11.8 Å². The maximum atomic E-state index is 13.6. The van der Waals surface area contributed by atoms with Gasteiger partial charge in [0.25, 0.3) is 0 Å². The lowest BCUT2D eigenvalue weighted by atomic mass is 9.94. The first kappa shape index (κ1) is 27.3. The van der Waals surface area contributed by atoms with Crippen LogP contribution in [0.25, 0.3) is 10.9 Å². The Morgan fingerprint density at radius 1 is 1.24 bits per heavy atom. The Balaban J connectivity index is 1.63. The molecule has 5 atom stereocenters. The predicted molar refractivity (Wildman–Crippen MR) is 127 cm³/mol. The number of hydrogen-bond acceptors (Lipinski definition) is 7. The van der Waals surface area contributed by atoms with Crippen LogP contribution in [-0.2, 0) is 14.4 Å². The van der Waals surface area contributed by atoms with Crippen molar-refractivity contribution in [3.63, 3.8) is 0 Å². The Bertz CT molecular complexity index is 1330. The zero-order chi connectivity index (χ0) is 28.2. The average Bonchev–Trinajstić information content (AvgIpc) is 3.16. The lowest BCUT2D eigenvalue weighted by Crippen LogP contribution is -2.63. The van der Waals surface area contributed by atoms with Crippen molar-refractivity contribution in [1.82, 2.24) is 25.5 Å². The minimum atomic E-state index is -5.28. The molecular weight excluding hydrogens is 505 g/mol. The minimum Gasteiger partial charge on any atom is -0.388 e. The number of rotatable bonds is 6. The number of carbonyl (C=O) groups excluding carboxylic acids is 3. The Labute approximate surface area is 216 Å². The van der Waals surface area contributed by atoms with Crippen LogP contribution >= 0.6 is 0 Å². The fourth-order valence-corrected chi connectivity index (χ4v) is 5.37. The monoisotopic (exact) mass is 532 g/mol. The lowest BCUT2D eigenvalue weighted by molar-refractivity contribution is -0.177. The number of alkyl halides is 3. The van der Waals surface area contributed by atoms with Crippen LogP contribution in [-0.4, -0.2) is 68.1 Å². The van der Waals surface area contributed by atoms with Gasteiger partial charge in [0.1, 0.15) is 18.1 Å². The first-order valence-electron chi connectivity index (χ1n) is 11.9. The first-order chi connectivity index (χ1) is 17.6. The molecule has 2 aliphatic rings. The largest absolute Gasteiger partial charge is 0.471 e. The lowest BCUT2D eigenvalue weighted by Gasteiger charge is -2.37. The molecule has 2 fully saturated rings. The number of nitrogens with one attached hydrogen (secondary N) is 2. The summed E-state index contributed by atoms with van der Waals surface area (Å²) in [4.78, 5) is 48.2. The number of nitriles is 1. The van der Waals surface area contributed by atoms with E-state index in [0.717, 1.165) is 18.7 Å². The van der Waals surface area contributed by atoms with Crippen LogP contribution in [0.2, 0.25) is 0 Å². The summed E-state index contributed by atoms with van der Waals surface area (Å²) >= 11 is 0. The molecule has 1 saturated heterocycles. The van der Waals surface area contributed by atoms with Gasteiger partial charge in [-0.05, 0) is 43.2 Å². The van der Waals surface area contributed by atoms with Crippen molar-refractivity contribution >= 4 is 28.6 Å². The highest BCUT2D eigenvalue weighted by molar-refractivity contribution is 5.95. The van der Waals surface area contributed by atoms with Crippen molar-refractivity contribution in [2.75, 3.05) is 6.54 Å². The number of amides is 3. The number of pyridine rings is 2. The number of likely N-dealkylation sites (tertiary alicyclic amines) is 1. The number of fused-ring (bicyclic) bond motifs is 2. The molecule has 2 aromatic rings. The van der Waals surface area contributed by atoms with E-state index in [0.29, 0.717) is 16.5 Å². The van der Waals surface area contributed by atoms with Gasteiger partial charge in [-0.1, -0.05) is 13.8 Å². The van der Waals surface area contributed by atoms with Crippen molar-refractivity contribution in [3.05, 3.63) is 36.3 Å². The highest BCUT2D eigenvalue weighted by Crippen LogP contribution is 2.65. The summed E-state index contributed by atoms with van der Waals surface area (Å²) in [6.45, 7) is 6.04. The zero-order valence-corrected chi connectivity index (χ0v) is 21.1. The SMILES string of the molecule is CC(C)(O)[C@H](NC(=O)C(F)(F)F)C(=O)N1C[C@H]2[C@@H]([C@H]1C(=O)NC(C#N)c1cncc3cccnc13)C2(C)C. The van der Waals surface area contributed by atoms with Crippen LogP contribution in [0.5, 0.6) is 0 Å². The van der Waals surface area contributed by atoms with E-state index in [1.165, 1.54) is 12.4 Å². The molecule has 3 heterocycles. The maximum Gasteiger partial charge on any atom is 0.471 e. The number of piperidine rings is 1. The van der Waals surface area contributed by atoms with Crippen LogP contribution in [0.1, 0.15) is 39.3 Å². The first-order valence-corrected chi connectivity index (χ1v) is 11.9. The number of aliphatic hydroxyl groups is 1. The van der Waals surface area contributed by atoms with Gasteiger partial charge in [-0.2, -0.15) is 18.4 Å². The molecule has 38 heavy (non-hydrogen) atoms. The van der Waals surface area contributed by atoms with Gasteiger partial charge in [0.05, 0.1) is 17.2 Å². The molecule has 0 bridgehead atoms. The molecule has 10 nitrogen and oxygen atoms in total. The van der Waals surface area contributed by atoms with Gasteiger partial charge >= 0.3 is 12.1 Å². The average molecular weight is 533 g/mol. The molecule has 0 spiro atoms. The molecule has 0 radical (unpaired) electrons. The molecule has 1 aliphatic heterocycles. The van der Waals surface area contributed by atoms with Crippen LogP contribution in [0.15, 0.2) is 30.7 Å². The second-order valence-electron chi connectivity index (χ2n) is 10.8. The Kier molecular flexibility index (Phi) is 6.59. The summed E-state index contributed by atoms with van der Waals surface area (Å²) < 4.78 is 38.8. The minimum absolute atomic E-state index is 0.0393. The zero-order valence-electron chi connectivity index (χ0n) is 21.1. The number of hydrogen-bond donors (Lipinski definition) is 3. The van der Waals surface area contributed by atoms with E-state index in [4.69, 9.17) is 0 Å². The highest BCUT2D eigenvalue weighted by Gasteiger charge is 2.70. The number of halogens is 3. The smallest absolute Gasteiger partial charge is 0.388 e. The fourth-order valence-electron chi connectivity index (χ4n) is 5.37. The topological polar surface area (TPSA) is 148 Å². The summed E-state index contributed by atoms with van der Waals surface area (Å²) in [7, 11) is 0. The van der Waals surface area contributed by atoms with Crippen LogP contribution in [0.3, 0.4) is 0 Å². The van der Waals surface area contributed by atoms with E-state index < -0.39 is 47.6 Å². The molecule has 3 amide bonds. The van der Waals surface area contributed by atoms with Crippen LogP contribution in [0.4, 0.5) is 13.2 Å². The van der Waals surface area contributed by atoms with Crippen molar-refractivity contribution < 1.29 is 32.7 Å². The predicted octanol–water partition coefficient (Wildman–Crippen LogP) is 1.61. The Morgan fingerprint density at radius 3 is 2.53 bits per heavy atom. The maximum absolute atomic E-state index is 13.6. The molecule has 0 aromatic carbocycles. The summed E-state index contributed by atoms with van der Waals surface area (Å²) in [5.74, 6) is -4.57. The van der Waals surface area contributed by atoms with E-state index in [1.807, 2.05) is 19.9 Å². The number of nitrogens with zero attached hydrogens (tertiary/aromatic N) is 4. The van der Waals surface area contributed by atoms with Gasteiger partial charge in [0.15, 0.2) is 0 Å². The molecule has 2 aromatic heterocycles. The Hall–Kier alpha value is -3.79. The third kappa shape index (κ3) is 4.76. The summed E-state index contributed by atoms with van der Waals surface area (Å²) in [6, 6.07) is 1.17. The molecular formula is C25H27F3N6O4. The van der Waals surface area contributed by atoms with E-state index in [-0.39, 0.29) is 23.8 Å². The van der Waals surface area contributed by atoms with Crippen molar-refractivity contribution in [2.24, 2.45) is 17.3 Å². The molecule has 13 heteroatoms. The normalized spacial score (nSPS) is 23.7. The highest BCUT2D eigenvalue weighted by atomic mass is 19.4. The van der Waals surface area contributed by atoms with Crippen molar-refractivity contribution in [2.45, 2.75) is 57.6 Å². The van der Waals surface area contributed by atoms with E-state index >= 15 is 0 Å². The summed E-state index contributed by atoms with van der Waals surface area (Å²) in [5.41, 5.74) is -1.62. The quantitative estimate of drug-likeness (QED) is 0.512. The molecule has 1 unspecified atom stereocenters. The van der Waals surface area contributed by atoms with Crippen molar-refractivity contribution in [1.29, 1.82) is 5.26 Å². The van der Waals surface area contributed by atoms with E-state index in [1.54, 1.807) is 23.6 Å². The number of carbonyl (C=O) groups is 3. The second kappa shape index (κ2) is 9.20. The Morgan fingerprint density at radius 2 is 1.92 bits per heavy atom. The third-order valence-electron chi connectivity index (χ3n) is 7.51. The molecule has 4 rings (SSSR count). The van der Waals surface area contributed by atoms with Crippen LogP contribution < -0.4 is 10.6 Å². The van der Waals surface area contributed by atoms with E-state index in [2.05, 4.69) is 15.3 Å². The molecule has 202 valence electrons. The summed E-state index contributed by atoms with van der Waals surface area (Å²) in [6.07, 6.45) is -0.788. The van der Waals surface area contributed by atoms with Gasteiger partial charge in [-0.3, -0.25) is 24.4 Å². The number of aromatic nitrogens is 2. The van der Waals surface area contributed by atoms with Gasteiger partial charge in [0, 0.05) is 36.1 Å². The van der Waals surface area contributed by atoms with Gasteiger partial charge in [-0.15, -0.1) is 0 Å². The second-order valence-corrected chi connectivity index (χ2v) is 10.8. The summed E-state index contributed by atoms with van der Waals surface area (Å²) in [5, 5.41) is 25.2. The fraction of sp³-hybridized carbons (Fsp3) is 0.520. The standard InChI is InChI=1S/C25H27F3N6O4/c1-23(2)14-11-34(21(36)19(24(3,4)38)33-22(37)25(26,27)28)18(16(14)23)20(35)32-15(8-29)13-10-30-9-12-6-5-7-31-17(12)13/h5-7,9-10,14-16,18-19,38H,11H2,1-4H3,(H,32,35)(H,33,37)/t14-,15?,16-,18-,19+/m0/s1. The van der Waals surface area contributed by atoms with Gasteiger partial charge < -0.3 is 20.6 Å². The third-order valence-corrected chi connectivity index (χ3v) is 7.51. The molecule has 1 aliphatic carbocycles. The van der Waals surface area contributed by atoms with E-state index in [9.17, 15) is 37.9 Å². The van der Waals surface area contributed by atoms with Crippen molar-refractivity contribution in [3.8, 4) is 6.07 Å². The van der Waals surface area contributed by atoms with Crippen LogP contribution in [0, 0.1) is 28.6 Å². The molecule has 1 saturated carbocycles. The van der Waals surface area contributed by atoms with Gasteiger partial charge in [-0.25, -0.2) is 0 Å².